The van der Waals surface area contributed by atoms with Gasteiger partial charge in [0.1, 0.15) is 0 Å². The van der Waals surface area contributed by atoms with Crippen molar-refractivity contribution in [3.8, 4) is 0 Å². The standard InChI is InChI=1S/C13H18N2O4S/c1-10(16)12-5-4-6-13(9-12)15(11(2)17)8-7-14-20(3,18)19/h4-6,9,14H,7-8H2,1-3H3. The Labute approximate surface area is 118 Å². The molecule has 0 unspecified atom stereocenters. The van der Waals surface area contributed by atoms with Crippen LogP contribution in [-0.2, 0) is 14.8 Å². The molecule has 0 aliphatic carbocycles. The van der Waals surface area contributed by atoms with E-state index in [2.05, 4.69) is 4.72 Å². The van der Waals surface area contributed by atoms with Crippen LogP contribution in [0.4, 0.5) is 5.69 Å². The lowest BCUT2D eigenvalue weighted by molar-refractivity contribution is -0.116. The highest BCUT2D eigenvalue weighted by atomic mass is 32.2. The van der Waals surface area contributed by atoms with E-state index in [0.717, 1.165) is 6.26 Å². The van der Waals surface area contributed by atoms with Crippen molar-refractivity contribution in [1.29, 1.82) is 0 Å². The molecule has 0 radical (unpaired) electrons. The molecular formula is C13H18N2O4S. The summed E-state index contributed by atoms with van der Waals surface area (Å²) in [4.78, 5) is 24.4. The monoisotopic (exact) mass is 298 g/mol. The molecule has 0 heterocycles. The van der Waals surface area contributed by atoms with Crippen LogP contribution in [0.2, 0.25) is 0 Å². The lowest BCUT2D eigenvalue weighted by Crippen LogP contribution is -2.37. The maximum Gasteiger partial charge on any atom is 0.223 e. The molecule has 0 atom stereocenters. The van der Waals surface area contributed by atoms with Crippen LogP contribution in [0.15, 0.2) is 24.3 Å². The van der Waals surface area contributed by atoms with Gasteiger partial charge in [-0.3, -0.25) is 9.59 Å². The van der Waals surface area contributed by atoms with E-state index in [4.69, 9.17) is 0 Å². The molecule has 0 bridgehead atoms. The Bertz CT molecular complexity index is 611. The number of nitrogens with zero attached hydrogens (tertiary/aromatic N) is 1. The van der Waals surface area contributed by atoms with E-state index < -0.39 is 10.0 Å². The largest absolute Gasteiger partial charge is 0.311 e. The average molecular weight is 298 g/mol. The van der Waals surface area contributed by atoms with Crippen LogP contribution in [0.25, 0.3) is 0 Å². The lowest BCUT2D eigenvalue weighted by atomic mass is 10.1. The summed E-state index contributed by atoms with van der Waals surface area (Å²) in [5.41, 5.74) is 1.07. The second-order valence-corrected chi connectivity index (χ2v) is 6.28. The van der Waals surface area contributed by atoms with Crippen molar-refractivity contribution in [1.82, 2.24) is 4.72 Å². The Morgan fingerprint density at radius 3 is 2.40 bits per heavy atom. The predicted octanol–water partition coefficient (Wildman–Crippen LogP) is 0.791. The predicted molar refractivity (Wildman–Crippen MR) is 77.3 cm³/mol. The van der Waals surface area contributed by atoms with Crippen LogP contribution < -0.4 is 9.62 Å². The van der Waals surface area contributed by atoms with Crippen LogP contribution in [0.3, 0.4) is 0 Å². The minimum absolute atomic E-state index is 0.0930. The maximum atomic E-state index is 11.6. The molecule has 20 heavy (non-hydrogen) atoms. The Hall–Kier alpha value is -1.73. The molecule has 1 N–H and O–H groups in total. The molecule has 1 rings (SSSR count). The summed E-state index contributed by atoms with van der Waals surface area (Å²) < 4.78 is 24.3. The summed E-state index contributed by atoms with van der Waals surface area (Å²) in [7, 11) is -3.29. The van der Waals surface area contributed by atoms with E-state index >= 15 is 0 Å². The van der Waals surface area contributed by atoms with Crippen LogP contribution in [0, 0.1) is 0 Å². The fourth-order valence-electron chi connectivity index (χ4n) is 1.70. The summed E-state index contributed by atoms with van der Waals surface area (Å²) >= 11 is 0. The van der Waals surface area contributed by atoms with Crippen LogP contribution in [0.5, 0.6) is 0 Å². The van der Waals surface area contributed by atoms with Gasteiger partial charge in [-0.25, -0.2) is 13.1 Å². The van der Waals surface area contributed by atoms with Gasteiger partial charge in [-0.05, 0) is 19.1 Å². The minimum atomic E-state index is -3.29. The number of hydrogen-bond donors (Lipinski definition) is 1. The molecule has 0 aliphatic heterocycles. The SMILES string of the molecule is CC(=O)c1cccc(N(CCNS(C)(=O)=O)C(C)=O)c1. The third-order valence-electron chi connectivity index (χ3n) is 2.64. The highest BCUT2D eigenvalue weighted by molar-refractivity contribution is 7.88. The Balaban J connectivity index is 2.88. The molecule has 6 nitrogen and oxygen atoms in total. The summed E-state index contributed by atoms with van der Waals surface area (Å²) in [6.07, 6.45) is 1.06. The lowest BCUT2D eigenvalue weighted by Gasteiger charge is -2.21. The van der Waals surface area contributed by atoms with Gasteiger partial charge in [-0.15, -0.1) is 0 Å². The van der Waals surface area contributed by atoms with Crippen LogP contribution in [-0.4, -0.2) is 39.5 Å². The zero-order valence-electron chi connectivity index (χ0n) is 11.7. The minimum Gasteiger partial charge on any atom is -0.311 e. The quantitative estimate of drug-likeness (QED) is 0.787. The number of rotatable bonds is 6. The van der Waals surface area contributed by atoms with Gasteiger partial charge in [0.25, 0.3) is 0 Å². The highest BCUT2D eigenvalue weighted by Crippen LogP contribution is 2.16. The van der Waals surface area contributed by atoms with Crippen molar-refractivity contribution < 1.29 is 18.0 Å². The number of anilines is 1. The summed E-state index contributed by atoms with van der Waals surface area (Å²) in [6.45, 7) is 3.15. The first-order valence-corrected chi connectivity index (χ1v) is 7.93. The van der Waals surface area contributed by atoms with Gasteiger partial charge in [0, 0.05) is 31.3 Å². The van der Waals surface area contributed by atoms with E-state index in [1.54, 1.807) is 24.3 Å². The fourth-order valence-corrected chi connectivity index (χ4v) is 2.17. The van der Waals surface area contributed by atoms with Crippen molar-refractivity contribution in [3.63, 3.8) is 0 Å². The summed E-state index contributed by atoms with van der Waals surface area (Å²) in [5.74, 6) is -0.314. The third kappa shape index (κ3) is 5.10. The highest BCUT2D eigenvalue weighted by Gasteiger charge is 2.13. The topological polar surface area (TPSA) is 83.6 Å². The summed E-state index contributed by atoms with van der Waals surface area (Å²) in [6, 6.07) is 6.67. The van der Waals surface area contributed by atoms with E-state index in [1.807, 2.05) is 0 Å². The number of amides is 1. The fraction of sp³-hybridized carbons (Fsp3) is 0.385. The van der Waals surface area contributed by atoms with Gasteiger partial charge in [0.15, 0.2) is 5.78 Å². The first-order valence-electron chi connectivity index (χ1n) is 6.04. The molecule has 0 aromatic heterocycles. The molecular weight excluding hydrogens is 280 g/mol. The first-order chi connectivity index (χ1) is 9.20. The van der Waals surface area contributed by atoms with E-state index in [0.29, 0.717) is 11.3 Å². The van der Waals surface area contributed by atoms with Crippen molar-refractivity contribution in [2.45, 2.75) is 13.8 Å². The van der Waals surface area contributed by atoms with Crippen molar-refractivity contribution >= 4 is 27.4 Å². The second kappa shape index (κ2) is 6.62. The number of carbonyl (C=O) groups is 2. The third-order valence-corrected chi connectivity index (χ3v) is 3.37. The van der Waals surface area contributed by atoms with Crippen molar-refractivity contribution in [2.75, 3.05) is 24.2 Å². The molecule has 0 saturated heterocycles. The van der Waals surface area contributed by atoms with Gasteiger partial charge < -0.3 is 4.90 Å². The number of ketones is 1. The van der Waals surface area contributed by atoms with Crippen molar-refractivity contribution in [3.05, 3.63) is 29.8 Å². The molecule has 1 aromatic carbocycles. The number of benzene rings is 1. The van der Waals surface area contributed by atoms with Crippen molar-refractivity contribution in [2.24, 2.45) is 0 Å². The Morgan fingerprint density at radius 1 is 1.25 bits per heavy atom. The molecule has 110 valence electrons. The molecule has 7 heteroatoms. The number of Topliss-reactive ketones (excluding diaryl/α,β-unsaturated/α-hetero) is 1. The van der Waals surface area contributed by atoms with Gasteiger partial charge >= 0.3 is 0 Å². The smallest absolute Gasteiger partial charge is 0.223 e. The maximum absolute atomic E-state index is 11.6. The molecule has 0 spiro atoms. The van der Waals surface area contributed by atoms with E-state index in [1.165, 1.54) is 18.7 Å². The Kier molecular flexibility index (Phi) is 5.41. The second-order valence-electron chi connectivity index (χ2n) is 4.44. The van der Waals surface area contributed by atoms with Gasteiger partial charge in [0.05, 0.1) is 6.26 Å². The van der Waals surface area contributed by atoms with Gasteiger partial charge in [-0.1, -0.05) is 12.1 Å². The van der Waals surface area contributed by atoms with Crippen LogP contribution in [0.1, 0.15) is 24.2 Å². The van der Waals surface area contributed by atoms with Gasteiger partial charge in [-0.2, -0.15) is 0 Å². The molecule has 0 fully saturated rings. The summed E-state index contributed by atoms with van der Waals surface area (Å²) in [5, 5.41) is 0. The van der Waals surface area contributed by atoms with E-state index in [-0.39, 0.29) is 24.8 Å². The number of carbonyl (C=O) groups excluding carboxylic acids is 2. The molecule has 1 aromatic rings. The van der Waals surface area contributed by atoms with Crippen LogP contribution >= 0.6 is 0 Å². The normalized spacial score (nSPS) is 11.2. The molecule has 0 saturated carbocycles. The van der Waals surface area contributed by atoms with E-state index in [9.17, 15) is 18.0 Å². The Morgan fingerprint density at radius 2 is 1.90 bits per heavy atom. The zero-order chi connectivity index (χ0) is 15.3. The zero-order valence-corrected chi connectivity index (χ0v) is 12.5. The number of nitrogens with one attached hydrogen (secondary N) is 1. The molecule has 1 amide bonds. The first kappa shape index (κ1) is 16.3. The molecule has 0 aliphatic rings. The average Bonchev–Trinajstić information content (AvgIpc) is 2.33. The van der Waals surface area contributed by atoms with Gasteiger partial charge in [0.2, 0.25) is 15.9 Å². The number of sulfonamides is 1. The number of hydrogen-bond acceptors (Lipinski definition) is 4.